The van der Waals surface area contributed by atoms with Crippen LogP contribution in [0.15, 0.2) is 66.1 Å². The number of carbonyl (C=O) groups is 1. The Morgan fingerprint density at radius 2 is 1.97 bits per heavy atom. The molecule has 3 aromatic rings. The molecule has 210 valence electrons. The third-order valence-electron chi connectivity index (χ3n) is 6.91. The van der Waals surface area contributed by atoms with E-state index in [-0.39, 0.29) is 42.0 Å². The van der Waals surface area contributed by atoms with Crippen LogP contribution < -0.4 is 9.46 Å². The summed E-state index contributed by atoms with van der Waals surface area (Å²) in [6.45, 7) is 5.49. The zero-order valence-electron chi connectivity index (χ0n) is 22.8. The van der Waals surface area contributed by atoms with E-state index in [2.05, 4.69) is 26.7 Å². The van der Waals surface area contributed by atoms with Crippen molar-refractivity contribution in [2.45, 2.75) is 44.0 Å². The van der Waals surface area contributed by atoms with Gasteiger partial charge >= 0.3 is 0 Å². The number of aliphatic hydroxyl groups excluding tert-OH is 1. The minimum Gasteiger partial charge on any atom is -0.488 e. The second-order valence-electron chi connectivity index (χ2n) is 10.4. The van der Waals surface area contributed by atoms with Crippen LogP contribution in [0.4, 0.5) is 5.69 Å². The molecule has 10 nitrogen and oxygen atoms in total. The number of rotatable bonds is 9. The van der Waals surface area contributed by atoms with Crippen LogP contribution in [-0.2, 0) is 34.8 Å². The van der Waals surface area contributed by atoms with Gasteiger partial charge in [-0.05, 0) is 37.7 Å². The summed E-state index contributed by atoms with van der Waals surface area (Å²) < 4.78 is 36.3. The van der Waals surface area contributed by atoms with E-state index in [0.717, 1.165) is 6.54 Å². The molecule has 4 rings (SSSR count). The van der Waals surface area contributed by atoms with Crippen LogP contribution in [-0.4, -0.2) is 77.7 Å². The van der Waals surface area contributed by atoms with Crippen LogP contribution in [0.3, 0.4) is 0 Å². The van der Waals surface area contributed by atoms with Gasteiger partial charge in [-0.3, -0.25) is 14.4 Å². The lowest BCUT2D eigenvalue weighted by Crippen LogP contribution is -2.47. The first-order chi connectivity index (χ1) is 18.6. The smallest absolute Gasteiger partial charge is 0.280 e. The van der Waals surface area contributed by atoms with Crippen molar-refractivity contribution in [2.24, 2.45) is 13.0 Å². The average molecular weight is 556 g/mol. The molecule has 39 heavy (non-hydrogen) atoms. The van der Waals surface area contributed by atoms with Crippen molar-refractivity contribution in [2.75, 3.05) is 31.5 Å². The number of nitrogens with one attached hydrogen (secondary N) is 1. The Morgan fingerprint density at radius 1 is 1.23 bits per heavy atom. The highest BCUT2D eigenvalue weighted by atomic mass is 32.2. The van der Waals surface area contributed by atoms with Crippen LogP contribution in [0, 0.1) is 5.92 Å². The highest BCUT2D eigenvalue weighted by Gasteiger charge is 2.31. The van der Waals surface area contributed by atoms with Gasteiger partial charge in [0.2, 0.25) is 5.91 Å². The Hall–Kier alpha value is -3.41. The zero-order chi connectivity index (χ0) is 28.2. The van der Waals surface area contributed by atoms with Crippen LogP contribution in [0.1, 0.15) is 25.0 Å². The number of anilines is 1. The van der Waals surface area contributed by atoms with E-state index in [1.807, 2.05) is 39.1 Å². The van der Waals surface area contributed by atoms with Gasteiger partial charge in [0.05, 0.1) is 25.4 Å². The molecule has 0 spiro atoms. The minimum atomic E-state index is -3.91. The lowest BCUT2D eigenvalue weighted by Gasteiger charge is -2.34. The van der Waals surface area contributed by atoms with E-state index in [4.69, 9.17) is 4.74 Å². The van der Waals surface area contributed by atoms with Gasteiger partial charge < -0.3 is 19.3 Å². The predicted octanol–water partition coefficient (Wildman–Crippen LogP) is 2.50. The molecule has 0 bridgehead atoms. The monoisotopic (exact) mass is 555 g/mol. The Labute approximate surface area is 230 Å². The Morgan fingerprint density at radius 3 is 2.64 bits per heavy atom. The topological polar surface area (TPSA) is 117 Å². The normalized spacial score (nSPS) is 19.0. The van der Waals surface area contributed by atoms with E-state index in [9.17, 15) is 18.3 Å². The van der Waals surface area contributed by atoms with Crippen molar-refractivity contribution in [3.63, 3.8) is 0 Å². The average Bonchev–Trinajstić information content (AvgIpc) is 3.36. The first-order valence-corrected chi connectivity index (χ1v) is 14.5. The fraction of sp³-hybridized carbons (Fsp3) is 0.429. The number of benzene rings is 2. The maximum absolute atomic E-state index is 13.4. The molecule has 1 amide bonds. The number of fused-ring (bicyclic) bond motifs is 1. The van der Waals surface area contributed by atoms with Crippen LogP contribution in [0.2, 0.25) is 0 Å². The molecule has 0 unspecified atom stereocenters. The van der Waals surface area contributed by atoms with E-state index in [1.54, 1.807) is 34.7 Å². The summed E-state index contributed by atoms with van der Waals surface area (Å²) in [6.07, 6.45) is 2.59. The molecule has 1 aromatic heterocycles. The highest BCUT2D eigenvalue weighted by molar-refractivity contribution is 7.92. The molecule has 3 atom stereocenters. The number of imidazole rings is 1. The number of sulfonamides is 1. The number of carbonyl (C=O) groups excluding carboxylic acids is 1. The summed E-state index contributed by atoms with van der Waals surface area (Å²) in [5.41, 5.74) is 2.07. The molecular weight excluding hydrogens is 518 g/mol. The molecule has 1 aliphatic rings. The third-order valence-corrected chi connectivity index (χ3v) is 8.18. The molecule has 0 fully saturated rings. The van der Waals surface area contributed by atoms with Gasteiger partial charge in [0.15, 0.2) is 5.03 Å². The van der Waals surface area contributed by atoms with Crippen molar-refractivity contribution in [3.05, 3.63) is 72.2 Å². The molecule has 0 radical (unpaired) electrons. The van der Waals surface area contributed by atoms with Crippen LogP contribution >= 0.6 is 0 Å². The minimum absolute atomic E-state index is 0.0120. The SMILES string of the molecule is C[C@H]1CN([C@@H](C)CO)C(=O)Cc2cc(NS(=O)(=O)c3cn(C)cn3)ccc2O[C@H]1CN(C)Cc1ccccc1. The Bertz CT molecular complexity index is 1380. The first-order valence-electron chi connectivity index (χ1n) is 13.0. The number of hydrogen-bond acceptors (Lipinski definition) is 7. The van der Waals surface area contributed by atoms with E-state index in [0.29, 0.717) is 30.1 Å². The van der Waals surface area contributed by atoms with Crippen molar-refractivity contribution >= 4 is 21.6 Å². The quantitative estimate of drug-likeness (QED) is 0.417. The largest absolute Gasteiger partial charge is 0.488 e. The van der Waals surface area contributed by atoms with Gasteiger partial charge in [-0.2, -0.15) is 8.42 Å². The lowest BCUT2D eigenvalue weighted by atomic mass is 10.0. The predicted molar refractivity (Wildman–Crippen MR) is 149 cm³/mol. The van der Waals surface area contributed by atoms with Crippen molar-refractivity contribution in [1.29, 1.82) is 0 Å². The first kappa shape index (κ1) is 28.6. The number of likely N-dealkylation sites (N-methyl/N-ethyl adjacent to an activating group) is 1. The van der Waals surface area contributed by atoms with E-state index < -0.39 is 10.0 Å². The number of ether oxygens (including phenoxy) is 1. The standard InChI is InChI=1S/C28H37N5O5S/c1-20-14-33(21(2)18-34)28(35)13-23-12-24(30-39(36,37)27-17-32(4)19-29-27)10-11-25(23)38-26(20)16-31(3)15-22-8-6-5-7-9-22/h5-12,17,19-21,26,30,34H,13-16,18H2,1-4H3/t20-,21-,26-/m0/s1. The van der Waals surface area contributed by atoms with Gasteiger partial charge in [-0.1, -0.05) is 37.3 Å². The second-order valence-corrected chi connectivity index (χ2v) is 12.0. The van der Waals surface area contributed by atoms with Crippen molar-refractivity contribution in [3.8, 4) is 5.75 Å². The van der Waals surface area contributed by atoms with Gasteiger partial charge in [-0.25, -0.2) is 4.98 Å². The summed E-state index contributed by atoms with van der Waals surface area (Å²) >= 11 is 0. The molecule has 11 heteroatoms. The zero-order valence-corrected chi connectivity index (χ0v) is 23.6. The van der Waals surface area contributed by atoms with Gasteiger partial charge in [0.25, 0.3) is 10.0 Å². The number of aryl methyl sites for hydroxylation is 1. The summed E-state index contributed by atoms with van der Waals surface area (Å²) in [5.74, 6) is 0.346. The number of aromatic nitrogens is 2. The van der Waals surface area contributed by atoms with Crippen LogP contribution in [0.5, 0.6) is 5.75 Å². The maximum Gasteiger partial charge on any atom is 0.280 e. The molecule has 1 aliphatic heterocycles. The van der Waals surface area contributed by atoms with E-state index in [1.165, 1.54) is 18.1 Å². The van der Waals surface area contributed by atoms with Gasteiger partial charge in [0, 0.05) is 50.0 Å². The molecule has 0 saturated carbocycles. The van der Waals surface area contributed by atoms with E-state index >= 15 is 0 Å². The summed E-state index contributed by atoms with van der Waals surface area (Å²) in [5, 5.41) is 9.76. The number of aliphatic hydroxyl groups is 1. The van der Waals surface area contributed by atoms with Gasteiger partial charge in [0.1, 0.15) is 11.9 Å². The number of hydrogen-bond donors (Lipinski definition) is 2. The number of nitrogens with zero attached hydrogens (tertiary/aromatic N) is 4. The molecule has 2 N–H and O–H groups in total. The summed E-state index contributed by atoms with van der Waals surface area (Å²) in [7, 11) is -0.183. The molecule has 2 aromatic carbocycles. The maximum atomic E-state index is 13.4. The lowest BCUT2D eigenvalue weighted by molar-refractivity contribution is -0.134. The molecule has 2 heterocycles. The Kier molecular flexibility index (Phi) is 8.94. The fourth-order valence-corrected chi connectivity index (χ4v) is 5.75. The Balaban J connectivity index is 1.63. The molecule has 0 aliphatic carbocycles. The molecule has 0 saturated heterocycles. The molecular formula is C28H37N5O5S. The number of amides is 1. The van der Waals surface area contributed by atoms with Crippen molar-refractivity contribution < 1.29 is 23.1 Å². The third kappa shape index (κ3) is 7.17. The second kappa shape index (κ2) is 12.2. The highest BCUT2D eigenvalue weighted by Crippen LogP contribution is 2.30. The van der Waals surface area contributed by atoms with Crippen LogP contribution in [0.25, 0.3) is 0 Å². The summed E-state index contributed by atoms with van der Waals surface area (Å²) in [4.78, 5) is 21.2. The van der Waals surface area contributed by atoms with Gasteiger partial charge in [-0.15, -0.1) is 0 Å². The van der Waals surface area contributed by atoms with Crippen molar-refractivity contribution in [1.82, 2.24) is 19.4 Å². The fourth-order valence-electron chi connectivity index (χ4n) is 4.71. The summed E-state index contributed by atoms with van der Waals surface area (Å²) in [6, 6.07) is 14.8.